The number of aryl methyl sites for hydroxylation is 1. The number of halogens is 2. The number of benzene rings is 1. The molecule has 2 rings (SSSR count). The maximum atomic E-state index is 11.6. The largest absolute Gasteiger partial charge is 0.326 e. The molecular formula is C11H11Cl2NO. The normalized spacial score (nSPS) is 22.2. The molecule has 1 saturated carbocycles. The Morgan fingerprint density at radius 2 is 1.93 bits per heavy atom. The quantitative estimate of drug-likeness (QED) is 0.795. The van der Waals surface area contributed by atoms with Crippen molar-refractivity contribution in [2.75, 3.05) is 5.32 Å². The molecule has 15 heavy (non-hydrogen) atoms. The molecule has 0 bridgehead atoms. The fourth-order valence-corrected chi connectivity index (χ4v) is 1.87. The molecule has 2 nitrogen and oxygen atoms in total. The number of rotatable bonds is 2. The molecule has 1 aliphatic carbocycles. The second-order valence-corrected chi connectivity index (χ2v) is 5.42. The Hall–Kier alpha value is -0.730. The third kappa shape index (κ3) is 2.44. The van der Waals surface area contributed by atoms with Crippen LogP contribution in [0.1, 0.15) is 12.0 Å². The van der Waals surface area contributed by atoms with E-state index in [0.717, 1.165) is 11.3 Å². The fourth-order valence-electron chi connectivity index (χ4n) is 1.36. The molecule has 0 radical (unpaired) electrons. The topological polar surface area (TPSA) is 29.1 Å². The van der Waals surface area contributed by atoms with Gasteiger partial charge in [0.15, 0.2) is 0 Å². The van der Waals surface area contributed by atoms with Crippen molar-refractivity contribution in [3.63, 3.8) is 0 Å². The van der Waals surface area contributed by atoms with E-state index in [2.05, 4.69) is 5.32 Å². The second kappa shape index (κ2) is 3.69. The first kappa shape index (κ1) is 10.8. The third-order valence-electron chi connectivity index (χ3n) is 2.46. The molecule has 0 unspecified atom stereocenters. The Morgan fingerprint density at radius 1 is 1.40 bits per heavy atom. The van der Waals surface area contributed by atoms with Gasteiger partial charge >= 0.3 is 0 Å². The summed E-state index contributed by atoms with van der Waals surface area (Å²) in [4.78, 5) is 11.6. The van der Waals surface area contributed by atoms with Gasteiger partial charge in [0.1, 0.15) is 4.33 Å². The minimum atomic E-state index is -0.852. The highest BCUT2D eigenvalue weighted by Crippen LogP contribution is 2.53. The van der Waals surface area contributed by atoms with E-state index in [1.54, 1.807) is 0 Å². The van der Waals surface area contributed by atoms with Crippen LogP contribution < -0.4 is 5.32 Å². The van der Waals surface area contributed by atoms with E-state index in [9.17, 15) is 4.79 Å². The van der Waals surface area contributed by atoms with E-state index in [1.165, 1.54) is 0 Å². The lowest BCUT2D eigenvalue weighted by Crippen LogP contribution is -2.16. The Morgan fingerprint density at radius 3 is 2.40 bits per heavy atom. The van der Waals surface area contributed by atoms with Crippen molar-refractivity contribution in [1.29, 1.82) is 0 Å². The van der Waals surface area contributed by atoms with E-state index >= 15 is 0 Å². The number of nitrogens with one attached hydrogen (secondary N) is 1. The Kier molecular flexibility index (Phi) is 2.65. The Bertz CT molecular complexity index is 386. The first-order valence-corrected chi connectivity index (χ1v) is 5.50. The summed E-state index contributed by atoms with van der Waals surface area (Å²) in [7, 11) is 0. The molecule has 1 aliphatic rings. The molecule has 1 aromatic rings. The van der Waals surface area contributed by atoms with E-state index in [1.807, 2.05) is 31.2 Å². The molecule has 1 aromatic carbocycles. The highest BCUT2D eigenvalue weighted by Gasteiger charge is 2.56. The summed E-state index contributed by atoms with van der Waals surface area (Å²) >= 11 is 11.6. The van der Waals surface area contributed by atoms with E-state index in [-0.39, 0.29) is 11.8 Å². The lowest BCUT2D eigenvalue weighted by atomic mass is 10.2. The summed E-state index contributed by atoms with van der Waals surface area (Å²) in [6.07, 6.45) is 0.536. The number of anilines is 1. The highest BCUT2D eigenvalue weighted by molar-refractivity contribution is 6.52. The molecule has 1 atom stereocenters. The van der Waals surface area contributed by atoms with Crippen molar-refractivity contribution in [2.45, 2.75) is 17.7 Å². The molecule has 1 N–H and O–H groups in total. The lowest BCUT2D eigenvalue weighted by molar-refractivity contribution is -0.117. The minimum Gasteiger partial charge on any atom is -0.326 e. The van der Waals surface area contributed by atoms with Gasteiger partial charge in [0.05, 0.1) is 5.92 Å². The van der Waals surface area contributed by atoms with E-state index in [0.29, 0.717) is 6.42 Å². The molecule has 0 heterocycles. The number of amides is 1. The van der Waals surface area contributed by atoms with Crippen molar-refractivity contribution < 1.29 is 4.79 Å². The van der Waals surface area contributed by atoms with E-state index < -0.39 is 4.33 Å². The smallest absolute Gasteiger partial charge is 0.230 e. The van der Waals surface area contributed by atoms with Gasteiger partial charge in [-0.15, -0.1) is 23.2 Å². The summed E-state index contributed by atoms with van der Waals surface area (Å²) in [5.41, 5.74) is 1.94. The van der Waals surface area contributed by atoms with Gasteiger partial charge in [-0.1, -0.05) is 17.7 Å². The Labute approximate surface area is 98.6 Å². The monoisotopic (exact) mass is 243 g/mol. The van der Waals surface area contributed by atoms with Crippen LogP contribution >= 0.6 is 23.2 Å². The average molecular weight is 244 g/mol. The second-order valence-electron chi connectivity index (χ2n) is 3.87. The van der Waals surface area contributed by atoms with Gasteiger partial charge in [-0.3, -0.25) is 4.79 Å². The van der Waals surface area contributed by atoms with Crippen molar-refractivity contribution in [3.05, 3.63) is 29.8 Å². The molecule has 0 aromatic heterocycles. The zero-order valence-electron chi connectivity index (χ0n) is 8.26. The zero-order valence-corrected chi connectivity index (χ0v) is 9.77. The predicted molar refractivity (Wildman–Crippen MR) is 62.4 cm³/mol. The van der Waals surface area contributed by atoms with Crippen LogP contribution in [0.5, 0.6) is 0 Å². The van der Waals surface area contributed by atoms with Crippen molar-refractivity contribution in [1.82, 2.24) is 0 Å². The predicted octanol–water partition coefficient (Wildman–Crippen LogP) is 3.13. The van der Waals surface area contributed by atoms with Crippen LogP contribution in [0.3, 0.4) is 0 Å². The van der Waals surface area contributed by atoms with E-state index in [4.69, 9.17) is 23.2 Å². The van der Waals surface area contributed by atoms with Crippen LogP contribution in [0.4, 0.5) is 5.69 Å². The van der Waals surface area contributed by atoms with Gasteiger partial charge < -0.3 is 5.32 Å². The van der Waals surface area contributed by atoms with Gasteiger partial charge in [0, 0.05) is 5.69 Å². The Balaban J connectivity index is 1.98. The van der Waals surface area contributed by atoms with Gasteiger partial charge in [-0.05, 0) is 25.5 Å². The fraction of sp³-hybridized carbons (Fsp3) is 0.364. The molecule has 4 heteroatoms. The molecule has 1 fully saturated rings. The van der Waals surface area contributed by atoms with Gasteiger partial charge in [-0.2, -0.15) is 0 Å². The highest BCUT2D eigenvalue weighted by atomic mass is 35.5. The molecule has 1 amide bonds. The first-order valence-electron chi connectivity index (χ1n) is 4.74. The van der Waals surface area contributed by atoms with Crippen LogP contribution in [-0.2, 0) is 4.79 Å². The third-order valence-corrected chi connectivity index (χ3v) is 3.30. The van der Waals surface area contributed by atoms with Crippen LogP contribution in [0.25, 0.3) is 0 Å². The van der Waals surface area contributed by atoms with Crippen LogP contribution in [-0.4, -0.2) is 10.2 Å². The van der Waals surface area contributed by atoms with Crippen LogP contribution in [0.15, 0.2) is 24.3 Å². The van der Waals surface area contributed by atoms with Crippen LogP contribution in [0.2, 0.25) is 0 Å². The summed E-state index contributed by atoms with van der Waals surface area (Å²) in [5.74, 6) is -0.383. The number of hydrogen-bond donors (Lipinski definition) is 1. The molecule has 0 saturated heterocycles. The lowest BCUT2D eigenvalue weighted by Gasteiger charge is -2.05. The maximum Gasteiger partial charge on any atom is 0.230 e. The standard InChI is InChI=1S/C11H11Cl2NO/c1-7-2-4-8(5-3-7)14-10(15)9-6-11(9,12)13/h2-5,9H,6H2,1H3,(H,14,15)/t9-/m1/s1. The number of carbonyl (C=O) groups is 1. The number of alkyl halides is 2. The number of hydrogen-bond acceptors (Lipinski definition) is 1. The molecular weight excluding hydrogens is 233 g/mol. The summed E-state index contributed by atoms with van der Waals surface area (Å²) < 4.78 is -0.852. The SMILES string of the molecule is Cc1ccc(NC(=O)[C@H]2CC2(Cl)Cl)cc1. The molecule has 0 aliphatic heterocycles. The maximum absolute atomic E-state index is 11.6. The molecule has 0 spiro atoms. The number of carbonyl (C=O) groups excluding carboxylic acids is 1. The van der Waals surface area contributed by atoms with Crippen molar-refractivity contribution >= 4 is 34.8 Å². The van der Waals surface area contributed by atoms with Gasteiger partial charge in [0.2, 0.25) is 5.91 Å². The average Bonchev–Trinajstić information content (AvgIpc) is 2.79. The minimum absolute atomic E-state index is 0.108. The summed E-state index contributed by atoms with van der Waals surface area (Å²) in [6, 6.07) is 7.60. The zero-order chi connectivity index (χ0) is 11.1. The van der Waals surface area contributed by atoms with Gasteiger partial charge in [-0.25, -0.2) is 0 Å². The van der Waals surface area contributed by atoms with Crippen molar-refractivity contribution in [3.8, 4) is 0 Å². The molecule has 80 valence electrons. The first-order chi connectivity index (χ1) is 6.99. The summed E-state index contributed by atoms with van der Waals surface area (Å²) in [6.45, 7) is 2.00. The van der Waals surface area contributed by atoms with Crippen LogP contribution in [0, 0.1) is 12.8 Å². The summed E-state index contributed by atoms with van der Waals surface area (Å²) in [5, 5.41) is 2.78. The van der Waals surface area contributed by atoms with Crippen molar-refractivity contribution in [2.24, 2.45) is 5.92 Å². The van der Waals surface area contributed by atoms with Gasteiger partial charge in [0.25, 0.3) is 0 Å².